The normalized spacial score (nSPS) is 16.9. The van der Waals surface area contributed by atoms with E-state index in [4.69, 9.17) is 0 Å². The van der Waals surface area contributed by atoms with E-state index in [1.807, 2.05) is 0 Å². The Balaban J connectivity index is 0.000000641. The molecule has 0 spiro atoms. The molecule has 0 heterocycles. The molecule has 2 aliphatic rings. The summed E-state index contributed by atoms with van der Waals surface area (Å²) in [7, 11) is -0.966. The van der Waals surface area contributed by atoms with Crippen molar-refractivity contribution in [1.29, 1.82) is 0 Å². The number of benzene rings is 4. The first-order valence-corrected chi connectivity index (χ1v) is 18.1. The third-order valence-electron chi connectivity index (χ3n) is 8.23. The zero-order valence-corrected chi connectivity index (χ0v) is 29.6. The summed E-state index contributed by atoms with van der Waals surface area (Å²) in [6.45, 7) is 17.3. The minimum atomic E-state index is -0.711. The maximum absolute atomic E-state index is 2.54. The molecule has 0 aromatic heterocycles. The Bertz CT molecular complexity index is 1550. The summed E-state index contributed by atoms with van der Waals surface area (Å²) in [4.78, 5) is 0. The smallest absolute Gasteiger partial charge is 0.00971 e. The van der Waals surface area contributed by atoms with Gasteiger partial charge in [-0.15, -0.1) is 0 Å². The molecule has 4 aromatic rings. The minimum absolute atomic E-state index is 0. The fraction of sp³-hybridized carbons (Fsp3) is 0.300. The van der Waals surface area contributed by atoms with E-state index in [0.29, 0.717) is 11.6 Å². The van der Waals surface area contributed by atoms with Crippen LogP contribution >= 0.6 is 15.8 Å². The quantitative estimate of drug-likeness (QED) is 0.150. The van der Waals surface area contributed by atoms with E-state index in [9.17, 15) is 0 Å². The van der Waals surface area contributed by atoms with Gasteiger partial charge in [0, 0.05) is 23.0 Å². The number of hydrogen-bond donors (Lipinski definition) is 0. The van der Waals surface area contributed by atoms with Gasteiger partial charge in [0.2, 0.25) is 0 Å². The van der Waals surface area contributed by atoms with Crippen LogP contribution in [0.2, 0.25) is 0 Å². The van der Waals surface area contributed by atoms with Gasteiger partial charge in [-0.2, -0.15) is 0 Å². The zero-order chi connectivity index (χ0) is 29.9. The van der Waals surface area contributed by atoms with Gasteiger partial charge in [-0.25, -0.2) is 0 Å². The Labute approximate surface area is 273 Å². The van der Waals surface area contributed by atoms with Gasteiger partial charge < -0.3 is 0 Å². The summed E-state index contributed by atoms with van der Waals surface area (Å²) < 4.78 is 0. The summed E-state index contributed by atoms with van der Waals surface area (Å²) in [5, 5.41) is 10.6. The molecule has 0 fully saturated rings. The van der Waals surface area contributed by atoms with Gasteiger partial charge in [-0.05, 0) is 67.8 Å². The number of hydrogen-bond acceptors (Lipinski definition) is 0. The monoisotopic (exact) mass is 644 g/mol. The second-order valence-corrected chi connectivity index (χ2v) is 19.8. The molecule has 1 unspecified atom stereocenters. The number of allylic oxidation sites excluding steroid dienone is 8. The first-order chi connectivity index (χ1) is 20.1. The van der Waals surface area contributed by atoms with Crippen LogP contribution in [-0.4, -0.2) is 16.0 Å². The van der Waals surface area contributed by atoms with E-state index in [-0.39, 0.29) is 35.3 Å². The van der Waals surface area contributed by atoms with E-state index in [2.05, 4.69) is 176 Å². The van der Waals surface area contributed by atoms with Crippen LogP contribution in [0.15, 0.2) is 133 Å². The van der Waals surface area contributed by atoms with Gasteiger partial charge in [0.05, 0.1) is 0 Å². The summed E-state index contributed by atoms with van der Waals surface area (Å²) in [5.41, 5.74) is 0.593. The summed E-state index contributed by atoms with van der Waals surface area (Å²) in [5.74, 6) is 0.452. The third-order valence-corrected chi connectivity index (χ3v) is 15.0. The van der Waals surface area contributed by atoms with Crippen molar-refractivity contribution in [2.45, 2.75) is 70.9 Å². The average Bonchev–Trinajstić information content (AvgIpc) is 3.68. The Morgan fingerprint density at radius 3 is 1.53 bits per heavy atom. The van der Waals surface area contributed by atoms with E-state index in [1.54, 1.807) is 5.31 Å². The summed E-state index contributed by atoms with van der Waals surface area (Å²) >= 11 is 0. The molecular weight excluding hydrogens is 598 g/mol. The van der Waals surface area contributed by atoms with Crippen LogP contribution in [0.4, 0.5) is 0 Å². The van der Waals surface area contributed by atoms with Crippen molar-refractivity contribution < 1.29 is 17.1 Å². The second kappa shape index (κ2) is 14.2. The molecule has 0 bridgehead atoms. The van der Waals surface area contributed by atoms with Gasteiger partial charge in [-0.3, -0.25) is 0 Å². The third kappa shape index (κ3) is 7.52. The molecule has 0 saturated carbocycles. The molecular formula is C40H46FeP2. The van der Waals surface area contributed by atoms with Crippen molar-refractivity contribution in [3.05, 3.63) is 133 Å². The van der Waals surface area contributed by atoms with Gasteiger partial charge in [0.15, 0.2) is 0 Å². The molecule has 0 aliphatic heterocycles. The van der Waals surface area contributed by atoms with Crippen LogP contribution < -0.4 is 10.6 Å². The fourth-order valence-electron chi connectivity index (χ4n) is 7.11. The van der Waals surface area contributed by atoms with Crippen molar-refractivity contribution in [3.63, 3.8) is 0 Å². The predicted molar refractivity (Wildman–Crippen MR) is 194 cm³/mol. The van der Waals surface area contributed by atoms with Crippen molar-refractivity contribution in [1.82, 2.24) is 0 Å². The average molecular weight is 645 g/mol. The van der Waals surface area contributed by atoms with Crippen LogP contribution in [0.1, 0.15) is 54.9 Å². The van der Waals surface area contributed by atoms with Gasteiger partial charge in [-0.1, -0.05) is 184 Å². The summed E-state index contributed by atoms with van der Waals surface area (Å²) in [6.07, 6.45) is 16.8. The van der Waals surface area contributed by atoms with Crippen LogP contribution in [0.3, 0.4) is 0 Å². The zero-order valence-electron chi connectivity index (χ0n) is 26.7. The minimum Gasteiger partial charge on any atom is -0.0918 e. The molecule has 4 aromatic carbocycles. The first-order valence-electron chi connectivity index (χ1n) is 15.3. The Kier molecular flexibility index (Phi) is 11.1. The molecule has 0 saturated heterocycles. The molecule has 43 heavy (non-hydrogen) atoms. The fourth-order valence-corrected chi connectivity index (χ4v) is 15.3. The van der Waals surface area contributed by atoms with E-state index < -0.39 is 7.92 Å². The Morgan fingerprint density at radius 1 is 0.628 bits per heavy atom. The molecule has 6 rings (SSSR count). The first kappa shape index (κ1) is 33.6. The van der Waals surface area contributed by atoms with Gasteiger partial charge >= 0.3 is 0 Å². The van der Waals surface area contributed by atoms with Crippen LogP contribution in [0.5, 0.6) is 0 Å². The SMILES string of the molecule is C1=CCC=C1.C[C@@H](C1C=CC=C1P(c1cccc2ccccc12)c1cccc2ccccc12)P(C(C)(C)C)C(C)(C)C.[Fe]. The van der Waals surface area contributed by atoms with Crippen molar-refractivity contribution in [3.8, 4) is 0 Å². The number of fused-ring (bicyclic) bond motifs is 2. The van der Waals surface area contributed by atoms with E-state index in [1.165, 1.54) is 32.2 Å². The molecule has 224 valence electrons. The van der Waals surface area contributed by atoms with Gasteiger partial charge in [0.25, 0.3) is 0 Å². The van der Waals surface area contributed by atoms with E-state index >= 15 is 0 Å². The molecule has 0 radical (unpaired) electrons. The van der Waals surface area contributed by atoms with Crippen LogP contribution in [-0.2, 0) is 17.1 Å². The van der Waals surface area contributed by atoms with Crippen molar-refractivity contribution in [2.24, 2.45) is 5.92 Å². The largest absolute Gasteiger partial charge is 0.0918 e. The van der Waals surface area contributed by atoms with Crippen LogP contribution in [0, 0.1) is 5.92 Å². The standard InChI is InChI=1S/C35H40P2.C5H6.Fe/c1-25(37(34(2,3)4)35(5,6)7)28-21-14-24-31(28)36(32-22-12-17-26-15-8-10-19-29(26)32)33-23-13-18-27-16-9-11-20-30(27)33;1-2-4-5-3-1;/h8-25,28H,1-7H3;1-4H,5H2;/t25-,28?;;/m0../s1. The van der Waals surface area contributed by atoms with Crippen molar-refractivity contribution in [2.75, 3.05) is 0 Å². The van der Waals surface area contributed by atoms with Crippen molar-refractivity contribution >= 4 is 48.0 Å². The molecule has 0 nitrogen and oxygen atoms in total. The maximum Gasteiger partial charge on any atom is 0.00971 e. The molecule has 2 aliphatic carbocycles. The van der Waals surface area contributed by atoms with Crippen LogP contribution in [0.25, 0.3) is 21.5 Å². The molecule has 0 amide bonds. The molecule has 0 N–H and O–H groups in total. The predicted octanol–water partition coefficient (Wildman–Crippen LogP) is 11.5. The maximum atomic E-state index is 2.54. The second-order valence-electron chi connectivity index (χ2n) is 13.4. The summed E-state index contributed by atoms with van der Waals surface area (Å²) in [6, 6.07) is 31.7. The molecule has 2 atom stereocenters. The van der Waals surface area contributed by atoms with Gasteiger partial charge in [0.1, 0.15) is 0 Å². The number of rotatable bonds is 5. The van der Waals surface area contributed by atoms with E-state index in [0.717, 1.165) is 6.42 Å². The molecule has 3 heteroatoms. The Morgan fingerprint density at radius 2 is 1.09 bits per heavy atom. The topological polar surface area (TPSA) is 0 Å². The Hall–Kier alpha value is -2.26.